The Labute approximate surface area is 149 Å². The van der Waals surface area contributed by atoms with Crippen LogP contribution in [0.5, 0.6) is 0 Å². The number of aromatic nitrogens is 2. The minimum atomic E-state index is -0.509. The van der Waals surface area contributed by atoms with Crippen molar-refractivity contribution in [2.45, 2.75) is 18.8 Å². The van der Waals surface area contributed by atoms with Gasteiger partial charge in [-0.05, 0) is 43.2 Å². The fourth-order valence-electron chi connectivity index (χ4n) is 2.69. The number of halogens is 2. The monoisotopic (exact) mass is 355 g/mol. The Bertz CT molecular complexity index is 935. The van der Waals surface area contributed by atoms with Gasteiger partial charge < -0.3 is 5.32 Å². The van der Waals surface area contributed by atoms with Crippen LogP contribution in [0, 0.1) is 5.82 Å². The van der Waals surface area contributed by atoms with Crippen LogP contribution in [0.2, 0.25) is 5.02 Å². The number of carbonyl (C=O) groups excluding carboxylic acids is 1. The molecule has 1 aliphatic rings. The van der Waals surface area contributed by atoms with Gasteiger partial charge in [-0.3, -0.25) is 4.79 Å². The average molecular weight is 356 g/mol. The van der Waals surface area contributed by atoms with Gasteiger partial charge in [-0.1, -0.05) is 29.8 Å². The number of anilines is 1. The molecule has 1 aromatic heterocycles. The SMILES string of the molecule is O=C(Nc1cc(C2CC2)nn1-c1ccccc1)c1cc(F)ccc1Cl. The molecule has 4 rings (SSSR count). The van der Waals surface area contributed by atoms with Crippen LogP contribution in [-0.2, 0) is 0 Å². The van der Waals surface area contributed by atoms with Crippen LogP contribution in [0.4, 0.5) is 10.2 Å². The van der Waals surface area contributed by atoms with Gasteiger partial charge in [0.25, 0.3) is 5.91 Å². The molecule has 0 aliphatic heterocycles. The first-order chi connectivity index (χ1) is 12.1. The van der Waals surface area contributed by atoms with Gasteiger partial charge in [0.15, 0.2) is 0 Å². The van der Waals surface area contributed by atoms with Gasteiger partial charge in [0.1, 0.15) is 11.6 Å². The summed E-state index contributed by atoms with van der Waals surface area (Å²) in [5, 5.41) is 7.63. The maximum atomic E-state index is 13.5. The van der Waals surface area contributed by atoms with Crippen molar-refractivity contribution in [3.63, 3.8) is 0 Å². The van der Waals surface area contributed by atoms with E-state index in [1.807, 2.05) is 36.4 Å². The number of hydrogen-bond donors (Lipinski definition) is 1. The van der Waals surface area contributed by atoms with Crippen molar-refractivity contribution in [3.05, 3.63) is 76.7 Å². The Kier molecular flexibility index (Phi) is 4.01. The number of benzene rings is 2. The maximum Gasteiger partial charge on any atom is 0.258 e. The number of para-hydroxylation sites is 1. The van der Waals surface area contributed by atoms with E-state index in [9.17, 15) is 9.18 Å². The molecule has 1 N–H and O–H groups in total. The van der Waals surface area contributed by atoms with Crippen molar-refractivity contribution in [2.24, 2.45) is 0 Å². The van der Waals surface area contributed by atoms with Crippen molar-refractivity contribution in [2.75, 3.05) is 5.32 Å². The van der Waals surface area contributed by atoms with Crippen LogP contribution >= 0.6 is 11.6 Å². The Hall–Kier alpha value is -2.66. The average Bonchev–Trinajstić information content (AvgIpc) is 3.39. The highest BCUT2D eigenvalue weighted by Crippen LogP contribution is 2.40. The molecule has 4 nitrogen and oxygen atoms in total. The Morgan fingerprint density at radius 3 is 2.64 bits per heavy atom. The molecule has 1 saturated carbocycles. The molecule has 1 heterocycles. The van der Waals surface area contributed by atoms with Gasteiger partial charge in [0, 0.05) is 12.0 Å². The molecule has 0 saturated heterocycles. The van der Waals surface area contributed by atoms with Gasteiger partial charge in [-0.25, -0.2) is 9.07 Å². The topological polar surface area (TPSA) is 46.9 Å². The molecule has 25 heavy (non-hydrogen) atoms. The highest BCUT2D eigenvalue weighted by Gasteiger charge is 2.28. The summed E-state index contributed by atoms with van der Waals surface area (Å²) in [7, 11) is 0. The summed E-state index contributed by atoms with van der Waals surface area (Å²) in [4.78, 5) is 12.6. The lowest BCUT2D eigenvalue weighted by Gasteiger charge is -2.09. The molecule has 0 bridgehead atoms. The second-order valence-corrected chi connectivity index (χ2v) is 6.46. The van der Waals surface area contributed by atoms with E-state index in [-0.39, 0.29) is 10.6 Å². The van der Waals surface area contributed by atoms with Crippen molar-refractivity contribution >= 4 is 23.3 Å². The fourth-order valence-corrected chi connectivity index (χ4v) is 2.89. The van der Waals surface area contributed by atoms with E-state index < -0.39 is 11.7 Å². The van der Waals surface area contributed by atoms with Crippen LogP contribution in [0.3, 0.4) is 0 Å². The summed E-state index contributed by atoms with van der Waals surface area (Å²) in [5.74, 6) is 0.00511. The van der Waals surface area contributed by atoms with Gasteiger partial charge in [-0.2, -0.15) is 5.10 Å². The van der Waals surface area contributed by atoms with E-state index in [0.29, 0.717) is 11.7 Å². The molecule has 1 aliphatic carbocycles. The third-order valence-corrected chi connectivity index (χ3v) is 4.47. The molecular weight excluding hydrogens is 341 g/mol. The fraction of sp³-hybridized carbons (Fsp3) is 0.158. The number of hydrogen-bond acceptors (Lipinski definition) is 2. The minimum absolute atomic E-state index is 0.0930. The smallest absolute Gasteiger partial charge is 0.258 e. The van der Waals surface area contributed by atoms with E-state index >= 15 is 0 Å². The van der Waals surface area contributed by atoms with E-state index in [1.165, 1.54) is 12.1 Å². The number of nitrogens with one attached hydrogen (secondary N) is 1. The highest BCUT2D eigenvalue weighted by atomic mass is 35.5. The van der Waals surface area contributed by atoms with Gasteiger partial charge in [-0.15, -0.1) is 0 Å². The molecule has 0 unspecified atom stereocenters. The minimum Gasteiger partial charge on any atom is -0.306 e. The predicted octanol–water partition coefficient (Wildman–Crippen LogP) is 4.79. The van der Waals surface area contributed by atoms with E-state index in [0.717, 1.165) is 30.3 Å². The second-order valence-electron chi connectivity index (χ2n) is 6.05. The van der Waals surface area contributed by atoms with Crippen molar-refractivity contribution < 1.29 is 9.18 Å². The van der Waals surface area contributed by atoms with Crippen LogP contribution in [0.1, 0.15) is 34.8 Å². The third-order valence-electron chi connectivity index (χ3n) is 4.14. The summed E-state index contributed by atoms with van der Waals surface area (Å²) < 4.78 is 15.1. The number of carbonyl (C=O) groups is 1. The Morgan fingerprint density at radius 2 is 1.92 bits per heavy atom. The summed E-state index contributed by atoms with van der Waals surface area (Å²) in [6.07, 6.45) is 2.21. The van der Waals surface area contributed by atoms with Crippen LogP contribution in [0.15, 0.2) is 54.6 Å². The van der Waals surface area contributed by atoms with Crippen molar-refractivity contribution in [1.29, 1.82) is 0 Å². The molecule has 0 spiro atoms. The molecule has 1 fully saturated rings. The third kappa shape index (κ3) is 3.28. The highest BCUT2D eigenvalue weighted by molar-refractivity contribution is 6.34. The number of amides is 1. The summed E-state index contributed by atoms with van der Waals surface area (Å²) in [6, 6.07) is 15.1. The van der Waals surface area contributed by atoms with Crippen molar-refractivity contribution in [3.8, 4) is 5.69 Å². The Morgan fingerprint density at radius 1 is 1.16 bits per heavy atom. The molecular formula is C19H15ClFN3O. The summed E-state index contributed by atoms with van der Waals surface area (Å²) >= 11 is 6.03. The van der Waals surface area contributed by atoms with Crippen LogP contribution in [0.25, 0.3) is 5.69 Å². The van der Waals surface area contributed by atoms with Crippen LogP contribution in [-0.4, -0.2) is 15.7 Å². The van der Waals surface area contributed by atoms with E-state index in [1.54, 1.807) is 4.68 Å². The van der Waals surface area contributed by atoms with Crippen molar-refractivity contribution in [1.82, 2.24) is 9.78 Å². The van der Waals surface area contributed by atoms with E-state index in [2.05, 4.69) is 10.4 Å². The lowest BCUT2D eigenvalue weighted by atomic mass is 10.2. The molecule has 2 aromatic carbocycles. The van der Waals surface area contributed by atoms with Crippen LogP contribution < -0.4 is 5.32 Å². The number of nitrogens with zero attached hydrogens (tertiary/aromatic N) is 2. The molecule has 0 radical (unpaired) electrons. The quantitative estimate of drug-likeness (QED) is 0.731. The zero-order valence-corrected chi connectivity index (χ0v) is 14.0. The second kappa shape index (κ2) is 6.33. The standard InChI is InChI=1S/C19H15ClFN3O/c20-16-9-8-13(21)10-15(16)19(25)22-18-11-17(12-6-7-12)23-24(18)14-4-2-1-3-5-14/h1-5,8-12H,6-7H2,(H,22,25). The first kappa shape index (κ1) is 15.8. The summed E-state index contributed by atoms with van der Waals surface area (Å²) in [5.41, 5.74) is 1.88. The summed E-state index contributed by atoms with van der Waals surface area (Å²) in [6.45, 7) is 0. The van der Waals surface area contributed by atoms with Gasteiger partial charge in [0.2, 0.25) is 0 Å². The molecule has 126 valence electrons. The predicted molar refractivity (Wildman–Crippen MR) is 94.9 cm³/mol. The first-order valence-electron chi connectivity index (χ1n) is 8.03. The normalized spacial score (nSPS) is 13.7. The maximum absolute atomic E-state index is 13.5. The lowest BCUT2D eigenvalue weighted by molar-refractivity contribution is 0.102. The zero-order chi connectivity index (χ0) is 17.4. The molecule has 0 atom stereocenters. The zero-order valence-electron chi connectivity index (χ0n) is 13.2. The van der Waals surface area contributed by atoms with Gasteiger partial charge in [0.05, 0.1) is 22.0 Å². The van der Waals surface area contributed by atoms with Gasteiger partial charge >= 0.3 is 0 Å². The molecule has 1 amide bonds. The number of rotatable bonds is 4. The molecule has 3 aromatic rings. The molecule has 6 heteroatoms. The van der Waals surface area contributed by atoms with E-state index in [4.69, 9.17) is 11.6 Å². The Balaban J connectivity index is 1.70. The lowest BCUT2D eigenvalue weighted by Crippen LogP contribution is -2.15. The largest absolute Gasteiger partial charge is 0.306 e. The first-order valence-corrected chi connectivity index (χ1v) is 8.41.